The van der Waals surface area contributed by atoms with E-state index in [1.807, 2.05) is 4.90 Å². The van der Waals surface area contributed by atoms with Crippen LogP contribution in [0.5, 0.6) is 0 Å². The Morgan fingerprint density at radius 2 is 1.89 bits per heavy atom. The van der Waals surface area contributed by atoms with Crippen molar-refractivity contribution in [2.45, 2.75) is 26.2 Å². The third kappa shape index (κ3) is 4.99. The number of nitrogens with zero attached hydrogens (tertiary/aromatic N) is 2. The lowest BCUT2D eigenvalue weighted by atomic mass is 10.00. The van der Waals surface area contributed by atoms with Gasteiger partial charge in [0.25, 0.3) is 0 Å². The van der Waals surface area contributed by atoms with E-state index < -0.39 is 0 Å². The first-order chi connectivity index (χ1) is 9.25. The predicted molar refractivity (Wildman–Crippen MR) is 75.2 cm³/mol. The van der Waals surface area contributed by atoms with Crippen molar-refractivity contribution in [3.63, 3.8) is 0 Å². The summed E-state index contributed by atoms with van der Waals surface area (Å²) in [5, 5.41) is 3.04. The second-order valence-corrected chi connectivity index (χ2v) is 5.71. The Kier molecular flexibility index (Phi) is 5.92. The third-order valence-electron chi connectivity index (χ3n) is 4.10. The minimum Gasteiger partial charge on any atom is -0.379 e. The average Bonchev–Trinajstić information content (AvgIpc) is 2.45. The number of ether oxygens (including phenoxy) is 1. The van der Waals surface area contributed by atoms with Crippen molar-refractivity contribution in [2.75, 3.05) is 52.5 Å². The molecule has 2 heterocycles. The Hall–Kier alpha value is -0.810. The second kappa shape index (κ2) is 7.70. The van der Waals surface area contributed by atoms with Crippen LogP contribution in [0.1, 0.15) is 26.2 Å². The molecule has 2 amide bonds. The van der Waals surface area contributed by atoms with E-state index in [0.717, 1.165) is 77.7 Å². The van der Waals surface area contributed by atoms with E-state index in [2.05, 4.69) is 17.1 Å². The van der Waals surface area contributed by atoms with Crippen molar-refractivity contribution in [3.05, 3.63) is 0 Å². The van der Waals surface area contributed by atoms with Gasteiger partial charge in [-0.3, -0.25) is 4.90 Å². The molecule has 2 fully saturated rings. The summed E-state index contributed by atoms with van der Waals surface area (Å²) >= 11 is 0. The van der Waals surface area contributed by atoms with E-state index in [4.69, 9.17) is 4.74 Å². The molecule has 0 radical (unpaired) electrons. The van der Waals surface area contributed by atoms with Gasteiger partial charge in [0.1, 0.15) is 0 Å². The number of rotatable bonds is 4. The van der Waals surface area contributed by atoms with Crippen molar-refractivity contribution in [2.24, 2.45) is 5.92 Å². The van der Waals surface area contributed by atoms with E-state index >= 15 is 0 Å². The van der Waals surface area contributed by atoms with Gasteiger partial charge in [-0.25, -0.2) is 4.79 Å². The first kappa shape index (κ1) is 14.6. The van der Waals surface area contributed by atoms with Crippen molar-refractivity contribution in [1.82, 2.24) is 15.1 Å². The van der Waals surface area contributed by atoms with Crippen LogP contribution >= 0.6 is 0 Å². The molecule has 2 aliphatic heterocycles. The molecule has 0 aliphatic carbocycles. The number of nitrogens with one attached hydrogen (secondary N) is 1. The number of morpholine rings is 1. The molecule has 19 heavy (non-hydrogen) atoms. The quantitative estimate of drug-likeness (QED) is 0.779. The van der Waals surface area contributed by atoms with Gasteiger partial charge in [0.2, 0.25) is 0 Å². The summed E-state index contributed by atoms with van der Waals surface area (Å²) in [6.45, 7) is 9.67. The fourth-order valence-electron chi connectivity index (χ4n) is 2.65. The van der Waals surface area contributed by atoms with Gasteiger partial charge in [-0.2, -0.15) is 0 Å². The molecule has 0 aromatic rings. The zero-order chi connectivity index (χ0) is 13.5. The normalized spacial score (nSPS) is 22.5. The van der Waals surface area contributed by atoms with E-state index in [1.165, 1.54) is 0 Å². The highest BCUT2D eigenvalue weighted by Crippen LogP contribution is 2.15. The predicted octanol–water partition coefficient (Wildman–Crippen LogP) is 1.15. The van der Waals surface area contributed by atoms with Crippen molar-refractivity contribution < 1.29 is 9.53 Å². The summed E-state index contributed by atoms with van der Waals surface area (Å²) in [6.07, 6.45) is 3.30. The lowest BCUT2D eigenvalue weighted by Gasteiger charge is -2.30. The van der Waals surface area contributed by atoms with Gasteiger partial charge < -0.3 is 15.0 Å². The first-order valence-corrected chi connectivity index (χ1v) is 7.58. The maximum atomic E-state index is 11.9. The lowest BCUT2D eigenvalue weighted by Crippen LogP contribution is -2.45. The van der Waals surface area contributed by atoms with Gasteiger partial charge in [-0.15, -0.1) is 0 Å². The van der Waals surface area contributed by atoms with Crippen LogP contribution in [0.2, 0.25) is 0 Å². The lowest BCUT2D eigenvalue weighted by molar-refractivity contribution is 0.0375. The molecule has 0 atom stereocenters. The standard InChI is InChI=1S/C14H27N3O2/c1-13-3-7-17(8-4-13)14(18)15-5-2-6-16-9-11-19-12-10-16/h13H,2-12H2,1H3,(H,15,18). The van der Waals surface area contributed by atoms with E-state index in [-0.39, 0.29) is 6.03 Å². The Morgan fingerprint density at radius 1 is 1.21 bits per heavy atom. The zero-order valence-corrected chi connectivity index (χ0v) is 12.1. The van der Waals surface area contributed by atoms with Gasteiger partial charge >= 0.3 is 6.03 Å². The average molecular weight is 269 g/mol. The molecule has 2 aliphatic rings. The van der Waals surface area contributed by atoms with Gasteiger partial charge in [0, 0.05) is 32.7 Å². The third-order valence-corrected chi connectivity index (χ3v) is 4.10. The molecule has 0 spiro atoms. The Balaban J connectivity index is 1.53. The minimum absolute atomic E-state index is 0.119. The number of carbonyl (C=O) groups excluding carboxylic acids is 1. The highest BCUT2D eigenvalue weighted by molar-refractivity contribution is 5.74. The molecule has 5 nitrogen and oxygen atoms in total. The van der Waals surface area contributed by atoms with Crippen LogP contribution < -0.4 is 5.32 Å². The maximum absolute atomic E-state index is 11.9. The summed E-state index contributed by atoms with van der Waals surface area (Å²) in [5.41, 5.74) is 0. The van der Waals surface area contributed by atoms with Crippen molar-refractivity contribution in [3.8, 4) is 0 Å². The number of likely N-dealkylation sites (tertiary alicyclic amines) is 1. The number of piperidine rings is 1. The van der Waals surface area contributed by atoms with Gasteiger partial charge in [-0.05, 0) is 31.7 Å². The summed E-state index contributed by atoms with van der Waals surface area (Å²) < 4.78 is 5.31. The highest BCUT2D eigenvalue weighted by atomic mass is 16.5. The van der Waals surface area contributed by atoms with E-state index in [0.29, 0.717) is 0 Å². The number of urea groups is 1. The van der Waals surface area contributed by atoms with Crippen LogP contribution in [0, 0.1) is 5.92 Å². The maximum Gasteiger partial charge on any atom is 0.317 e. The Bertz CT molecular complexity index is 272. The monoisotopic (exact) mass is 269 g/mol. The summed E-state index contributed by atoms with van der Waals surface area (Å²) in [6, 6.07) is 0.119. The fourth-order valence-corrected chi connectivity index (χ4v) is 2.65. The molecule has 1 N–H and O–H groups in total. The Morgan fingerprint density at radius 3 is 2.58 bits per heavy atom. The molecular formula is C14H27N3O2. The van der Waals surface area contributed by atoms with Crippen molar-refractivity contribution in [1.29, 1.82) is 0 Å². The molecular weight excluding hydrogens is 242 g/mol. The smallest absolute Gasteiger partial charge is 0.317 e. The number of amides is 2. The van der Waals surface area contributed by atoms with Gasteiger partial charge in [0.05, 0.1) is 13.2 Å². The SMILES string of the molecule is CC1CCN(C(=O)NCCCN2CCOCC2)CC1. The van der Waals surface area contributed by atoms with Crippen LogP contribution in [0.25, 0.3) is 0 Å². The molecule has 0 bridgehead atoms. The Labute approximate surface area is 116 Å². The first-order valence-electron chi connectivity index (χ1n) is 7.58. The van der Waals surface area contributed by atoms with Gasteiger partial charge in [-0.1, -0.05) is 6.92 Å². The topological polar surface area (TPSA) is 44.8 Å². The van der Waals surface area contributed by atoms with Gasteiger partial charge in [0.15, 0.2) is 0 Å². The summed E-state index contributed by atoms with van der Waals surface area (Å²) in [5.74, 6) is 0.769. The molecule has 0 saturated carbocycles. The molecule has 110 valence electrons. The highest BCUT2D eigenvalue weighted by Gasteiger charge is 2.19. The van der Waals surface area contributed by atoms with Crippen LogP contribution in [0.4, 0.5) is 4.79 Å². The summed E-state index contributed by atoms with van der Waals surface area (Å²) in [4.78, 5) is 16.3. The number of hydrogen-bond donors (Lipinski definition) is 1. The van der Waals surface area contributed by atoms with Crippen LogP contribution in [0.15, 0.2) is 0 Å². The minimum atomic E-state index is 0.119. The molecule has 0 unspecified atom stereocenters. The summed E-state index contributed by atoms with van der Waals surface area (Å²) in [7, 11) is 0. The van der Waals surface area contributed by atoms with Crippen LogP contribution in [-0.2, 0) is 4.74 Å². The number of hydrogen-bond acceptors (Lipinski definition) is 3. The molecule has 2 saturated heterocycles. The van der Waals surface area contributed by atoms with Crippen LogP contribution in [-0.4, -0.2) is 68.3 Å². The second-order valence-electron chi connectivity index (χ2n) is 5.71. The van der Waals surface area contributed by atoms with Crippen molar-refractivity contribution >= 4 is 6.03 Å². The zero-order valence-electron chi connectivity index (χ0n) is 12.1. The largest absolute Gasteiger partial charge is 0.379 e. The fraction of sp³-hybridized carbons (Fsp3) is 0.929. The molecule has 0 aromatic heterocycles. The molecule has 5 heteroatoms. The van der Waals surface area contributed by atoms with Crippen LogP contribution in [0.3, 0.4) is 0 Å². The number of carbonyl (C=O) groups is 1. The van der Waals surface area contributed by atoms with E-state index in [9.17, 15) is 4.79 Å². The van der Waals surface area contributed by atoms with E-state index in [1.54, 1.807) is 0 Å². The molecule has 0 aromatic carbocycles. The molecule has 2 rings (SSSR count).